The summed E-state index contributed by atoms with van der Waals surface area (Å²) in [4.78, 5) is 22.9. The predicted octanol–water partition coefficient (Wildman–Crippen LogP) is 2.32. The summed E-state index contributed by atoms with van der Waals surface area (Å²) in [5.41, 5.74) is 6.98. The van der Waals surface area contributed by atoms with Crippen molar-refractivity contribution in [1.82, 2.24) is 0 Å². The maximum atomic E-state index is 11.6. The number of amides is 2. The van der Waals surface area contributed by atoms with Gasteiger partial charge in [-0.3, -0.25) is 10.1 Å². The van der Waals surface area contributed by atoms with Crippen molar-refractivity contribution in [1.29, 1.82) is 0 Å². The van der Waals surface area contributed by atoms with Crippen LogP contribution in [0.15, 0.2) is 24.3 Å². The van der Waals surface area contributed by atoms with Crippen LogP contribution in [-0.2, 0) is 9.53 Å². The van der Waals surface area contributed by atoms with Gasteiger partial charge in [0.15, 0.2) is 0 Å². The highest BCUT2D eigenvalue weighted by Crippen LogP contribution is 2.14. The van der Waals surface area contributed by atoms with E-state index >= 15 is 0 Å². The van der Waals surface area contributed by atoms with E-state index in [2.05, 4.69) is 10.6 Å². The Morgan fingerprint density at radius 2 is 1.70 bits per heavy atom. The third kappa shape index (κ3) is 5.71. The number of hydrogen-bond donors (Lipinski definition) is 3. The SMILES string of the molecule is CCOC(=O)Nc1ccc(NC(=O)CC(N)CC)cc1. The standard InChI is InChI=1S/C14H21N3O3/c1-3-10(15)9-13(18)16-11-5-7-12(8-6-11)17-14(19)20-4-2/h5-8,10H,3-4,9,15H2,1-2H3,(H,16,18)(H,17,19). The molecule has 0 spiro atoms. The Labute approximate surface area is 118 Å². The molecule has 1 unspecified atom stereocenters. The Morgan fingerprint density at radius 1 is 1.15 bits per heavy atom. The van der Waals surface area contributed by atoms with Crippen molar-refractivity contribution in [3.05, 3.63) is 24.3 Å². The molecule has 110 valence electrons. The van der Waals surface area contributed by atoms with Crippen molar-refractivity contribution in [2.45, 2.75) is 32.7 Å². The summed E-state index contributed by atoms with van der Waals surface area (Å²) in [6, 6.07) is 6.66. The monoisotopic (exact) mass is 279 g/mol. The van der Waals surface area contributed by atoms with Crippen LogP contribution < -0.4 is 16.4 Å². The largest absolute Gasteiger partial charge is 0.450 e. The number of hydrogen-bond acceptors (Lipinski definition) is 4. The molecule has 0 saturated heterocycles. The van der Waals surface area contributed by atoms with Gasteiger partial charge in [0.25, 0.3) is 0 Å². The van der Waals surface area contributed by atoms with Gasteiger partial charge in [-0.25, -0.2) is 4.79 Å². The van der Waals surface area contributed by atoms with Gasteiger partial charge in [-0.15, -0.1) is 0 Å². The highest BCUT2D eigenvalue weighted by Gasteiger charge is 2.08. The van der Waals surface area contributed by atoms with E-state index in [9.17, 15) is 9.59 Å². The lowest BCUT2D eigenvalue weighted by Gasteiger charge is -2.10. The van der Waals surface area contributed by atoms with E-state index in [-0.39, 0.29) is 11.9 Å². The quantitative estimate of drug-likeness (QED) is 0.745. The van der Waals surface area contributed by atoms with E-state index in [1.807, 2.05) is 6.92 Å². The van der Waals surface area contributed by atoms with E-state index in [4.69, 9.17) is 10.5 Å². The molecule has 20 heavy (non-hydrogen) atoms. The maximum absolute atomic E-state index is 11.6. The van der Waals surface area contributed by atoms with Crippen LogP contribution >= 0.6 is 0 Å². The van der Waals surface area contributed by atoms with Crippen LogP contribution in [-0.4, -0.2) is 24.6 Å². The van der Waals surface area contributed by atoms with Gasteiger partial charge in [0.2, 0.25) is 5.91 Å². The molecule has 0 aliphatic heterocycles. The van der Waals surface area contributed by atoms with Crippen LogP contribution in [0.1, 0.15) is 26.7 Å². The number of nitrogens with two attached hydrogens (primary N) is 1. The van der Waals surface area contributed by atoms with Gasteiger partial charge < -0.3 is 15.8 Å². The number of carbonyl (C=O) groups is 2. The number of anilines is 2. The van der Waals surface area contributed by atoms with Gasteiger partial charge in [0.1, 0.15) is 0 Å². The maximum Gasteiger partial charge on any atom is 0.411 e. The van der Waals surface area contributed by atoms with Crippen LogP contribution in [0.2, 0.25) is 0 Å². The average Bonchev–Trinajstić information content (AvgIpc) is 2.41. The molecule has 2 amide bonds. The van der Waals surface area contributed by atoms with Gasteiger partial charge in [-0.05, 0) is 37.6 Å². The van der Waals surface area contributed by atoms with Gasteiger partial charge in [-0.2, -0.15) is 0 Å². The summed E-state index contributed by atoms with van der Waals surface area (Å²) in [5, 5.41) is 5.32. The number of nitrogens with one attached hydrogen (secondary N) is 2. The lowest BCUT2D eigenvalue weighted by Crippen LogP contribution is -2.26. The average molecular weight is 279 g/mol. The molecule has 1 aromatic carbocycles. The van der Waals surface area contributed by atoms with Crippen molar-refractivity contribution in [2.75, 3.05) is 17.2 Å². The Hall–Kier alpha value is -2.08. The Kier molecular flexibility index (Phi) is 6.52. The first kappa shape index (κ1) is 16.0. The summed E-state index contributed by atoms with van der Waals surface area (Å²) in [6.45, 7) is 3.99. The van der Waals surface area contributed by atoms with E-state index in [0.717, 1.165) is 6.42 Å². The molecule has 0 bridgehead atoms. The summed E-state index contributed by atoms with van der Waals surface area (Å²) < 4.78 is 4.76. The second-order valence-corrected chi connectivity index (χ2v) is 4.34. The summed E-state index contributed by atoms with van der Waals surface area (Å²) in [7, 11) is 0. The second-order valence-electron chi connectivity index (χ2n) is 4.34. The zero-order valence-electron chi connectivity index (χ0n) is 11.8. The third-order valence-electron chi connectivity index (χ3n) is 2.66. The minimum atomic E-state index is -0.502. The number of rotatable bonds is 6. The first-order valence-corrected chi connectivity index (χ1v) is 6.64. The highest BCUT2D eigenvalue weighted by atomic mass is 16.5. The fourth-order valence-corrected chi connectivity index (χ4v) is 1.52. The molecule has 1 aromatic rings. The molecule has 0 fully saturated rings. The molecule has 6 heteroatoms. The van der Waals surface area contributed by atoms with E-state index < -0.39 is 6.09 Å². The lowest BCUT2D eigenvalue weighted by atomic mass is 10.1. The molecule has 1 rings (SSSR count). The molecule has 0 radical (unpaired) electrons. The van der Waals surface area contributed by atoms with E-state index in [1.165, 1.54) is 0 Å². The number of ether oxygens (including phenoxy) is 1. The van der Waals surface area contributed by atoms with Gasteiger partial charge in [-0.1, -0.05) is 6.92 Å². The van der Waals surface area contributed by atoms with Gasteiger partial charge >= 0.3 is 6.09 Å². The summed E-state index contributed by atoms with van der Waals surface area (Å²) in [5.74, 6) is -0.120. The van der Waals surface area contributed by atoms with Crippen LogP contribution in [0.5, 0.6) is 0 Å². The minimum absolute atomic E-state index is 0.120. The summed E-state index contributed by atoms with van der Waals surface area (Å²) >= 11 is 0. The van der Waals surface area contributed by atoms with E-state index in [0.29, 0.717) is 24.4 Å². The van der Waals surface area contributed by atoms with Crippen molar-refractivity contribution in [3.8, 4) is 0 Å². The fourth-order valence-electron chi connectivity index (χ4n) is 1.52. The number of carbonyl (C=O) groups excluding carboxylic acids is 2. The molecule has 0 heterocycles. The number of benzene rings is 1. The van der Waals surface area contributed by atoms with Crippen molar-refractivity contribution < 1.29 is 14.3 Å². The third-order valence-corrected chi connectivity index (χ3v) is 2.66. The molecule has 0 aliphatic carbocycles. The zero-order chi connectivity index (χ0) is 15.0. The first-order chi connectivity index (χ1) is 9.55. The molecule has 0 aliphatic rings. The van der Waals surface area contributed by atoms with Crippen molar-refractivity contribution in [2.24, 2.45) is 5.73 Å². The highest BCUT2D eigenvalue weighted by molar-refractivity contribution is 5.91. The van der Waals surface area contributed by atoms with Crippen molar-refractivity contribution >= 4 is 23.4 Å². The van der Waals surface area contributed by atoms with E-state index in [1.54, 1.807) is 31.2 Å². The normalized spacial score (nSPS) is 11.6. The first-order valence-electron chi connectivity index (χ1n) is 6.64. The van der Waals surface area contributed by atoms with Crippen LogP contribution in [0.3, 0.4) is 0 Å². The molecule has 1 atom stereocenters. The fraction of sp³-hybridized carbons (Fsp3) is 0.429. The molecule has 6 nitrogen and oxygen atoms in total. The van der Waals surface area contributed by atoms with Crippen LogP contribution in [0.4, 0.5) is 16.2 Å². The lowest BCUT2D eigenvalue weighted by molar-refractivity contribution is -0.116. The van der Waals surface area contributed by atoms with Crippen LogP contribution in [0, 0.1) is 0 Å². The van der Waals surface area contributed by atoms with Gasteiger partial charge in [0, 0.05) is 23.8 Å². The molecular weight excluding hydrogens is 258 g/mol. The molecule has 0 saturated carbocycles. The minimum Gasteiger partial charge on any atom is -0.450 e. The Bertz CT molecular complexity index is 445. The van der Waals surface area contributed by atoms with Crippen molar-refractivity contribution in [3.63, 3.8) is 0 Å². The molecule has 4 N–H and O–H groups in total. The topological polar surface area (TPSA) is 93.5 Å². The second kappa shape index (κ2) is 8.16. The Balaban J connectivity index is 2.50. The molecule has 0 aromatic heterocycles. The Morgan fingerprint density at radius 3 is 2.20 bits per heavy atom. The predicted molar refractivity (Wildman–Crippen MR) is 78.6 cm³/mol. The van der Waals surface area contributed by atoms with Gasteiger partial charge in [0.05, 0.1) is 6.61 Å². The summed E-state index contributed by atoms with van der Waals surface area (Å²) in [6.07, 6.45) is 0.549. The molecular formula is C14H21N3O3. The zero-order valence-corrected chi connectivity index (χ0v) is 11.8. The smallest absolute Gasteiger partial charge is 0.411 e. The van der Waals surface area contributed by atoms with Crippen LogP contribution in [0.25, 0.3) is 0 Å².